The van der Waals surface area contributed by atoms with Crippen LogP contribution < -0.4 is 0 Å². The summed E-state index contributed by atoms with van der Waals surface area (Å²) < 4.78 is 32.5. The number of halogens is 1. The zero-order chi connectivity index (χ0) is 23.9. The number of phosphoric acid groups is 1. The van der Waals surface area contributed by atoms with E-state index in [-0.39, 0.29) is 12.2 Å². The minimum atomic E-state index is -4.93. The highest BCUT2D eigenvalue weighted by Gasteiger charge is 2.75. The van der Waals surface area contributed by atoms with Crippen LogP contribution in [-0.2, 0) is 18.7 Å². The fourth-order valence-corrected chi connectivity index (χ4v) is 7.68. The monoisotopic (exact) mass is 472 g/mol. The Kier molecular flexibility index (Phi) is 5.34. The molecule has 0 saturated heterocycles. The molecule has 0 aromatic heterocycles. The first kappa shape index (κ1) is 23.9. The molecule has 0 unspecified atom stereocenters. The molecule has 8 atom stereocenters. The lowest BCUT2D eigenvalue weighted by Gasteiger charge is -2.62. The van der Waals surface area contributed by atoms with Crippen molar-refractivity contribution in [3.8, 4) is 0 Å². The van der Waals surface area contributed by atoms with E-state index in [1.54, 1.807) is 20.8 Å². The van der Waals surface area contributed by atoms with Gasteiger partial charge in [0.15, 0.2) is 17.2 Å². The Bertz CT molecular complexity index is 973. The topological polar surface area (TPSA) is 141 Å². The zero-order valence-corrected chi connectivity index (χ0v) is 19.2. The predicted molar refractivity (Wildman–Crippen MR) is 111 cm³/mol. The van der Waals surface area contributed by atoms with Gasteiger partial charge in [-0.05, 0) is 56.6 Å². The van der Waals surface area contributed by atoms with E-state index in [0.717, 1.165) is 0 Å². The van der Waals surface area contributed by atoms with Crippen molar-refractivity contribution in [2.24, 2.45) is 28.6 Å². The van der Waals surface area contributed by atoms with Crippen molar-refractivity contribution in [2.75, 3.05) is 6.61 Å². The second kappa shape index (κ2) is 7.14. The minimum absolute atomic E-state index is 0.211. The number of carbonyl (C=O) groups is 2. The van der Waals surface area contributed by atoms with Crippen molar-refractivity contribution in [3.05, 3.63) is 23.8 Å². The number of rotatable bonds is 4. The third-order valence-corrected chi connectivity index (χ3v) is 9.48. The summed E-state index contributed by atoms with van der Waals surface area (Å²) in [5.41, 5.74) is -5.88. The third-order valence-electron chi connectivity index (χ3n) is 9.01. The third kappa shape index (κ3) is 2.95. The smallest absolute Gasteiger partial charge is 0.390 e. The summed E-state index contributed by atoms with van der Waals surface area (Å²) in [4.78, 5) is 42.8. The van der Waals surface area contributed by atoms with Crippen molar-refractivity contribution in [2.45, 2.75) is 63.8 Å². The predicted octanol–water partition coefficient (Wildman–Crippen LogP) is 2.01. The average Bonchev–Trinajstić information content (AvgIpc) is 2.89. The molecule has 4 rings (SSSR count). The van der Waals surface area contributed by atoms with Gasteiger partial charge in [-0.15, -0.1) is 0 Å². The summed E-state index contributed by atoms with van der Waals surface area (Å²) in [7, 11) is -4.93. The van der Waals surface area contributed by atoms with Crippen molar-refractivity contribution in [1.82, 2.24) is 0 Å². The Morgan fingerprint density at radius 2 is 1.97 bits per heavy atom. The fraction of sp³-hybridized carbons (Fsp3) is 0.727. The van der Waals surface area contributed by atoms with E-state index >= 15 is 4.39 Å². The number of hydrogen-bond acceptors (Lipinski definition) is 6. The van der Waals surface area contributed by atoms with Crippen LogP contribution in [0.1, 0.15) is 46.5 Å². The molecule has 4 N–H and O–H groups in total. The first-order chi connectivity index (χ1) is 14.6. The molecule has 0 aliphatic heterocycles. The van der Waals surface area contributed by atoms with Crippen molar-refractivity contribution in [3.63, 3.8) is 0 Å². The molecule has 0 radical (unpaired) electrons. The summed E-state index contributed by atoms with van der Waals surface area (Å²) in [6.45, 7) is 4.00. The van der Waals surface area contributed by atoms with Crippen molar-refractivity contribution >= 4 is 19.4 Å². The van der Waals surface area contributed by atoms with Gasteiger partial charge in [0.25, 0.3) is 0 Å². The van der Waals surface area contributed by atoms with Gasteiger partial charge < -0.3 is 20.0 Å². The SMILES string of the molecule is C[C@@H]1C[C@@H]2[C@H]3CCC4=CC(=O)C=C[C@]4(C)[C@]3(F)[C@@H](O)C[C@@]2(C)[C@]1(O)C(=O)COP(=O)(O)O. The molecule has 3 fully saturated rings. The van der Waals surface area contributed by atoms with Crippen molar-refractivity contribution in [1.29, 1.82) is 0 Å². The molecule has 178 valence electrons. The molecule has 10 heteroatoms. The quantitative estimate of drug-likeness (QED) is 0.456. The maximum atomic E-state index is 17.0. The minimum Gasteiger partial charge on any atom is -0.390 e. The number of phosphoric ester groups is 1. The first-order valence-corrected chi connectivity index (χ1v) is 12.4. The number of alkyl halides is 1. The number of carbonyl (C=O) groups excluding carboxylic acids is 2. The van der Waals surface area contributed by atoms with E-state index in [1.807, 2.05) is 0 Å². The van der Waals surface area contributed by atoms with Crippen LogP contribution in [0.4, 0.5) is 4.39 Å². The zero-order valence-electron chi connectivity index (χ0n) is 18.3. The Morgan fingerprint density at radius 1 is 1.31 bits per heavy atom. The molecule has 0 aromatic carbocycles. The molecular formula is C22H30FO8P. The van der Waals surface area contributed by atoms with Crippen LogP contribution >= 0.6 is 7.82 Å². The van der Waals surface area contributed by atoms with Gasteiger partial charge in [-0.1, -0.05) is 25.5 Å². The molecule has 0 bridgehead atoms. The van der Waals surface area contributed by atoms with Crippen LogP contribution in [0.25, 0.3) is 0 Å². The number of hydrogen-bond donors (Lipinski definition) is 4. The second-order valence-corrected chi connectivity index (χ2v) is 11.6. The van der Waals surface area contributed by atoms with E-state index in [4.69, 9.17) is 9.79 Å². The van der Waals surface area contributed by atoms with Gasteiger partial charge in [0, 0.05) is 16.7 Å². The Morgan fingerprint density at radius 3 is 2.59 bits per heavy atom. The van der Waals surface area contributed by atoms with E-state index < -0.39 is 66.2 Å². The standard InChI is InChI=1S/C22H30FO8P/c1-12-8-16-15-5-4-13-9-14(24)6-7-19(13,2)21(15,23)17(25)10-20(16,3)22(12,27)18(26)11-31-32(28,29)30/h6-7,9,12,15-17,25,27H,4-5,8,10-11H2,1-3H3,(H2,28,29,30)/t12-,15-,16-,17+,19+,20-,21-,22-/m1/s1. The van der Waals surface area contributed by atoms with Crippen LogP contribution in [0.15, 0.2) is 23.8 Å². The highest BCUT2D eigenvalue weighted by Crippen LogP contribution is 2.70. The van der Waals surface area contributed by atoms with Gasteiger partial charge in [0.1, 0.15) is 12.2 Å². The van der Waals surface area contributed by atoms with Crippen LogP contribution in [-0.4, -0.2) is 55.5 Å². The number of allylic oxidation sites excluding steroid dienone is 4. The lowest BCUT2D eigenvalue weighted by Crippen LogP contribution is -2.69. The molecule has 8 nitrogen and oxygen atoms in total. The molecule has 4 aliphatic rings. The summed E-state index contributed by atoms with van der Waals surface area (Å²) >= 11 is 0. The molecule has 0 spiro atoms. The molecule has 32 heavy (non-hydrogen) atoms. The van der Waals surface area contributed by atoms with E-state index in [1.165, 1.54) is 18.2 Å². The number of aliphatic hydroxyl groups is 2. The molecule has 0 heterocycles. The van der Waals surface area contributed by atoms with E-state index in [9.17, 15) is 24.4 Å². The summed E-state index contributed by atoms with van der Waals surface area (Å²) in [6.07, 6.45) is 3.70. The molecule has 0 aromatic rings. The summed E-state index contributed by atoms with van der Waals surface area (Å²) in [5.74, 6) is -2.87. The number of Topliss-reactive ketones (excluding diaryl/α,β-unsaturated/α-hetero) is 1. The average molecular weight is 472 g/mol. The lowest BCUT2D eigenvalue weighted by molar-refractivity contribution is -0.219. The van der Waals surface area contributed by atoms with Crippen LogP contribution in [0.2, 0.25) is 0 Å². The first-order valence-electron chi connectivity index (χ1n) is 10.9. The van der Waals surface area contributed by atoms with Gasteiger partial charge in [-0.2, -0.15) is 0 Å². The van der Waals surface area contributed by atoms with E-state index in [2.05, 4.69) is 4.52 Å². The van der Waals surface area contributed by atoms with Gasteiger partial charge >= 0.3 is 7.82 Å². The number of ketones is 2. The maximum absolute atomic E-state index is 17.0. The van der Waals surface area contributed by atoms with Crippen LogP contribution in [0.3, 0.4) is 0 Å². The van der Waals surface area contributed by atoms with Gasteiger partial charge in [0.05, 0.1) is 6.10 Å². The van der Waals surface area contributed by atoms with Gasteiger partial charge in [-0.25, -0.2) is 8.96 Å². The molecule has 0 amide bonds. The second-order valence-electron chi connectivity index (χ2n) is 10.4. The van der Waals surface area contributed by atoms with E-state index in [0.29, 0.717) is 24.8 Å². The maximum Gasteiger partial charge on any atom is 0.470 e. The largest absolute Gasteiger partial charge is 0.470 e. The Balaban J connectivity index is 1.74. The highest BCUT2D eigenvalue weighted by molar-refractivity contribution is 7.46. The van der Waals surface area contributed by atoms with Crippen LogP contribution in [0, 0.1) is 28.6 Å². The normalized spacial score (nSPS) is 48.0. The number of aliphatic hydroxyl groups excluding tert-OH is 1. The number of fused-ring (bicyclic) bond motifs is 5. The van der Waals surface area contributed by atoms with Crippen molar-refractivity contribution < 1.29 is 43.1 Å². The Hall–Kier alpha value is -1.22. The Labute approximate surface area is 185 Å². The molecule has 3 saturated carbocycles. The fourth-order valence-electron chi connectivity index (χ4n) is 7.39. The summed E-state index contributed by atoms with van der Waals surface area (Å²) in [6, 6.07) is 0. The highest BCUT2D eigenvalue weighted by atomic mass is 31.2. The summed E-state index contributed by atoms with van der Waals surface area (Å²) in [5, 5.41) is 22.8. The molecule has 4 aliphatic carbocycles. The van der Waals surface area contributed by atoms with Crippen LogP contribution in [0.5, 0.6) is 0 Å². The van der Waals surface area contributed by atoms with Gasteiger partial charge in [0.2, 0.25) is 0 Å². The van der Waals surface area contributed by atoms with Gasteiger partial charge in [-0.3, -0.25) is 14.1 Å². The lowest BCUT2D eigenvalue weighted by atomic mass is 9.44. The molecular weight excluding hydrogens is 442 g/mol.